The van der Waals surface area contributed by atoms with Crippen LogP contribution in [0.4, 0.5) is 0 Å². The van der Waals surface area contributed by atoms with Crippen LogP contribution in [0.25, 0.3) is 0 Å². The number of aliphatic hydroxyl groups excluding tert-OH is 1. The average Bonchev–Trinajstić information content (AvgIpc) is 2.97. The highest BCUT2D eigenvalue weighted by atomic mass is 16.5. The minimum Gasteiger partial charge on any atom is -0.493 e. The van der Waals surface area contributed by atoms with Gasteiger partial charge in [0.2, 0.25) is 0 Å². The molecular weight excluding hydrogens is 258 g/mol. The molecule has 1 unspecified atom stereocenters. The average molecular weight is 275 g/mol. The monoisotopic (exact) mass is 275 g/mol. The van der Waals surface area contributed by atoms with Crippen LogP contribution in [0, 0.1) is 0 Å². The smallest absolute Gasteiger partial charge is 0.255 e. The lowest BCUT2D eigenvalue weighted by molar-refractivity contribution is 0.127. The molecule has 0 spiro atoms. The van der Waals surface area contributed by atoms with Gasteiger partial charge in [0.15, 0.2) is 5.82 Å². The first-order chi connectivity index (χ1) is 9.78. The van der Waals surface area contributed by atoms with Gasteiger partial charge in [0.25, 0.3) is 5.89 Å². The second-order valence-corrected chi connectivity index (χ2v) is 4.90. The molecule has 1 aromatic carbocycles. The fourth-order valence-corrected chi connectivity index (χ4v) is 2.32. The maximum absolute atomic E-state index is 9.78. The zero-order valence-corrected chi connectivity index (χ0v) is 11.0. The van der Waals surface area contributed by atoms with E-state index >= 15 is 0 Å². The highest BCUT2D eigenvalue weighted by Gasteiger charge is 2.26. The number of rotatable bonds is 4. The molecule has 0 amide bonds. The van der Waals surface area contributed by atoms with Crippen molar-refractivity contribution < 1.29 is 14.4 Å². The van der Waals surface area contributed by atoms with E-state index in [9.17, 15) is 5.11 Å². The Morgan fingerprint density at radius 2 is 2.25 bits per heavy atom. The first kappa shape index (κ1) is 13.1. The molecule has 6 heteroatoms. The van der Waals surface area contributed by atoms with Crippen molar-refractivity contribution in [2.45, 2.75) is 24.9 Å². The van der Waals surface area contributed by atoms with Crippen LogP contribution in [0.1, 0.15) is 35.7 Å². The molecule has 20 heavy (non-hydrogen) atoms. The van der Waals surface area contributed by atoms with Crippen molar-refractivity contribution in [1.29, 1.82) is 0 Å². The summed E-state index contributed by atoms with van der Waals surface area (Å²) in [6, 6.07) is 7.93. The van der Waals surface area contributed by atoms with Crippen molar-refractivity contribution in [3.63, 3.8) is 0 Å². The predicted molar refractivity (Wildman–Crippen MR) is 71.3 cm³/mol. The Balaban J connectivity index is 1.75. The molecule has 0 saturated heterocycles. The highest BCUT2D eigenvalue weighted by molar-refractivity contribution is 5.36. The Morgan fingerprint density at radius 3 is 3.10 bits per heavy atom. The van der Waals surface area contributed by atoms with Gasteiger partial charge in [-0.25, -0.2) is 0 Å². The molecule has 0 bridgehead atoms. The molecule has 3 N–H and O–H groups in total. The Kier molecular flexibility index (Phi) is 3.66. The van der Waals surface area contributed by atoms with Crippen molar-refractivity contribution in [3.05, 3.63) is 41.5 Å². The number of nitrogens with two attached hydrogens (primary N) is 1. The molecule has 6 nitrogen and oxygen atoms in total. The van der Waals surface area contributed by atoms with Crippen LogP contribution in [0.15, 0.2) is 28.8 Å². The molecule has 2 aromatic rings. The van der Waals surface area contributed by atoms with Crippen molar-refractivity contribution in [2.24, 2.45) is 5.73 Å². The van der Waals surface area contributed by atoms with Crippen molar-refractivity contribution in [2.75, 3.05) is 13.2 Å². The van der Waals surface area contributed by atoms with Crippen molar-refractivity contribution in [3.8, 4) is 5.75 Å². The van der Waals surface area contributed by atoms with Gasteiger partial charge in [0.1, 0.15) is 11.9 Å². The Labute approximate surface area is 116 Å². The summed E-state index contributed by atoms with van der Waals surface area (Å²) in [6.45, 7) is 0.891. The Bertz CT molecular complexity index is 585. The lowest BCUT2D eigenvalue weighted by Gasteiger charge is -2.22. The van der Waals surface area contributed by atoms with E-state index in [4.69, 9.17) is 15.0 Å². The largest absolute Gasteiger partial charge is 0.493 e. The summed E-state index contributed by atoms with van der Waals surface area (Å²) in [5, 5.41) is 13.7. The van der Waals surface area contributed by atoms with E-state index < -0.39 is 6.10 Å². The van der Waals surface area contributed by atoms with Crippen LogP contribution in [0.3, 0.4) is 0 Å². The molecule has 1 aromatic heterocycles. The first-order valence-corrected chi connectivity index (χ1v) is 6.70. The molecule has 0 aliphatic carbocycles. The minimum atomic E-state index is -0.793. The summed E-state index contributed by atoms with van der Waals surface area (Å²) in [7, 11) is 0. The third kappa shape index (κ3) is 2.52. The second-order valence-electron chi connectivity index (χ2n) is 4.90. The molecule has 2 atom stereocenters. The van der Waals surface area contributed by atoms with Crippen LogP contribution >= 0.6 is 0 Å². The van der Waals surface area contributed by atoms with E-state index in [1.54, 1.807) is 0 Å². The van der Waals surface area contributed by atoms with Gasteiger partial charge in [-0.3, -0.25) is 0 Å². The lowest BCUT2D eigenvalue weighted by Crippen LogP contribution is -2.20. The molecule has 3 rings (SSSR count). The highest BCUT2D eigenvalue weighted by Crippen LogP contribution is 2.31. The number of benzene rings is 1. The zero-order chi connectivity index (χ0) is 13.9. The van der Waals surface area contributed by atoms with Gasteiger partial charge in [-0.2, -0.15) is 4.98 Å². The Morgan fingerprint density at radius 1 is 1.40 bits per heavy atom. The molecule has 0 saturated carbocycles. The van der Waals surface area contributed by atoms with Crippen LogP contribution < -0.4 is 10.5 Å². The van der Waals surface area contributed by atoms with Crippen LogP contribution in [-0.4, -0.2) is 28.4 Å². The standard InChI is InChI=1S/C14H17N3O3/c15-6-5-11(18)14-16-13(17-20-14)10-7-9-3-1-2-4-12(9)19-8-10/h1-4,10-11,18H,5-8,15H2/t10?,11-/m0/s1. The molecule has 1 aliphatic rings. The van der Waals surface area contributed by atoms with Gasteiger partial charge < -0.3 is 20.1 Å². The maximum Gasteiger partial charge on any atom is 0.255 e. The number of para-hydroxylation sites is 1. The van der Waals surface area contributed by atoms with Crippen molar-refractivity contribution in [1.82, 2.24) is 10.1 Å². The number of hydrogen-bond acceptors (Lipinski definition) is 6. The van der Waals surface area contributed by atoms with E-state index in [1.165, 1.54) is 0 Å². The summed E-state index contributed by atoms with van der Waals surface area (Å²) in [5.41, 5.74) is 6.54. The third-order valence-electron chi connectivity index (χ3n) is 3.43. The zero-order valence-electron chi connectivity index (χ0n) is 11.0. The SMILES string of the molecule is NCC[C@H](O)c1nc(C2COc3ccccc3C2)no1. The number of hydrogen-bond donors (Lipinski definition) is 2. The van der Waals surface area contributed by atoms with Gasteiger partial charge in [-0.15, -0.1) is 0 Å². The fourth-order valence-electron chi connectivity index (χ4n) is 2.32. The predicted octanol–water partition coefficient (Wildman–Crippen LogP) is 1.17. The summed E-state index contributed by atoms with van der Waals surface area (Å²) in [6.07, 6.45) is 0.423. The third-order valence-corrected chi connectivity index (χ3v) is 3.43. The first-order valence-electron chi connectivity index (χ1n) is 6.70. The van der Waals surface area contributed by atoms with Crippen LogP contribution in [0.5, 0.6) is 5.75 Å². The van der Waals surface area contributed by atoms with E-state index in [1.807, 2.05) is 24.3 Å². The van der Waals surface area contributed by atoms with E-state index in [-0.39, 0.29) is 11.8 Å². The number of nitrogens with zero attached hydrogens (tertiary/aromatic N) is 2. The molecular formula is C14H17N3O3. The van der Waals surface area contributed by atoms with Gasteiger partial charge in [-0.05, 0) is 31.0 Å². The van der Waals surface area contributed by atoms with Crippen molar-refractivity contribution >= 4 is 0 Å². The topological polar surface area (TPSA) is 94.4 Å². The number of aromatic nitrogens is 2. The van der Waals surface area contributed by atoms with Gasteiger partial charge in [-0.1, -0.05) is 23.4 Å². The van der Waals surface area contributed by atoms with E-state index in [2.05, 4.69) is 10.1 Å². The summed E-state index contributed by atoms with van der Waals surface area (Å²) < 4.78 is 10.8. The summed E-state index contributed by atoms with van der Waals surface area (Å²) >= 11 is 0. The number of fused-ring (bicyclic) bond motifs is 1. The molecule has 2 heterocycles. The maximum atomic E-state index is 9.78. The van der Waals surface area contributed by atoms with Gasteiger partial charge in [0.05, 0.1) is 12.5 Å². The van der Waals surface area contributed by atoms with Crippen LogP contribution in [-0.2, 0) is 6.42 Å². The molecule has 0 fully saturated rings. The quantitative estimate of drug-likeness (QED) is 0.869. The normalized spacial score (nSPS) is 19.2. The molecule has 106 valence electrons. The van der Waals surface area contributed by atoms with Gasteiger partial charge in [0, 0.05) is 0 Å². The number of aliphatic hydroxyl groups is 1. The summed E-state index contributed by atoms with van der Waals surface area (Å²) in [4.78, 5) is 4.26. The molecule has 0 radical (unpaired) electrons. The van der Waals surface area contributed by atoms with Crippen LogP contribution in [0.2, 0.25) is 0 Å². The number of ether oxygens (including phenoxy) is 1. The van der Waals surface area contributed by atoms with Gasteiger partial charge >= 0.3 is 0 Å². The summed E-state index contributed by atoms with van der Waals surface area (Å²) in [5.74, 6) is 1.76. The Hall–Kier alpha value is -1.92. The molecule has 1 aliphatic heterocycles. The van der Waals surface area contributed by atoms with E-state index in [0.717, 1.165) is 17.7 Å². The second kappa shape index (κ2) is 5.60. The minimum absolute atomic E-state index is 0.0486. The lowest BCUT2D eigenvalue weighted by atomic mass is 9.96. The van der Waals surface area contributed by atoms with E-state index in [0.29, 0.717) is 25.4 Å². The fraction of sp³-hybridized carbons (Fsp3) is 0.429.